The number of halogens is 1. The summed E-state index contributed by atoms with van der Waals surface area (Å²) in [5.74, 6) is 1.70. The van der Waals surface area contributed by atoms with Gasteiger partial charge in [0.25, 0.3) is 0 Å². The fourth-order valence-corrected chi connectivity index (χ4v) is 1.36. The number of benzene rings is 1. The van der Waals surface area contributed by atoms with Crippen LogP contribution in [0.15, 0.2) is 29.3 Å². The zero-order valence-electron chi connectivity index (χ0n) is 11.2. The van der Waals surface area contributed by atoms with E-state index in [9.17, 15) is 0 Å². The lowest BCUT2D eigenvalue weighted by molar-refractivity contribution is 0.322. The molecule has 4 nitrogen and oxygen atoms in total. The molecule has 0 aliphatic rings. The Balaban J connectivity index is 0.00000289. The number of nitrogens with one attached hydrogen (secondary N) is 2. The molecule has 5 heteroatoms. The molecular formula is C13H22IN3O. The highest BCUT2D eigenvalue weighted by atomic mass is 127. The van der Waals surface area contributed by atoms with Crippen molar-refractivity contribution in [2.24, 2.45) is 4.99 Å². The van der Waals surface area contributed by atoms with Crippen LogP contribution in [0.3, 0.4) is 0 Å². The Bertz CT molecular complexity index is 352. The third-order valence-electron chi connectivity index (χ3n) is 2.25. The molecule has 0 bridgehead atoms. The van der Waals surface area contributed by atoms with Crippen molar-refractivity contribution >= 4 is 29.9 Å². The van der Waals surface area contributed by atoms with E-state index in [0.717, 1.165) is 24.8 Å². The molecule has 0 radical (unpaired) electrons. The van der Waals surface area contributed by atoms with E-state index in [-0.39, 0.29) is 24.0 Å². The first-order chi connectivity index (χ1) is 8.26. The predicted octanol–water partition coefficient (Wildman–Crippen LogP) is 2.18. The Morgan fingerprint density at radius 2 is 1.89 bits per heavy atom. The highest BCUT2D eigenvalue weighted by Crippen LogP contribution is 2.10. The van der Waals surface area contributed by atoms with Crippen molar-refractivity contribution in [1.29, 1.82) is 0 Å². The molecule has 0 fully saturated rings. The quantitative estimate of drug-likeness (QED) is 0.365. The molecule has 0 aliphatic carbocycles. The Hall–Kier alpha value is -0.980. The Morgan fingerprint density at radius 3 is 2.44 bits per heavy atom. The van der Waals surface area contributed by atoms with Gasteiger partial charge in [0, 0.05) is 13.6 Å². The van der Waals surface area contributed by atoms with Crippen LogP contribution in [-0.4, -0.2) is 32.7 Å². The number of hydrogen-bond acceptors (Lipinski definition) is 2. The largest absolute Gasteiger partial charge is 0.492 e. The van der Waals surface area contributed by atoms with E-state index in [1.54, 1.807) is 7.05 Å². The van der Waals surface area contributed by atoms with E-state index >= 15 is 0 Å². The molecule has 1 rings (SSSR count). The van der Waals surface area contributed by atoms with Crippen LogP contribution in [0.2, 0.25) is 0 Å². The van der Waals surface area contributed by atoms with Crippen LogP contribution in [-0.2, 0) is 0 Å². The molecule has 2 N–H and O–H groups in total. The molecule has 0 saturated heterocycles. The van der Waals surface area contributed by atoms with Crippen LogP contribution in [0.25, 0.3) is 0 Å². The van der Waals surface area contributed by atoms with Crippen molar-refractivity contribution in [3.05, 3.63) is 29.8 Å². The lowest BCUT2D eigenvalue weighted by atomic mass is 10.2. The number of hydrogen-bond donors (Lipinski definition) is 2. The maximum atomic E-state index is 5.59. The first-order valence-electron chi connectivity index (χ1n) is 5.90. The van der Waals surface area contributed by atoms with Crippen LogP contribution in [0.4, 0.5) is 0 Å². The number of aryl methyl sites for hydroxylation is 1. The minimum absolute atomic E-state index is 0. The molecule has 0 heterocycles. The monoisotopic (exact) mass is 363 g/mol. The van der Waals surface area contributed by atoms with Gasteiger partial charge in [-0.2, -0.15) is 0 Å². The number of ether oxygens (including phenoxy) is 1. The second-order valence-electron chi connectivity index (χ2n) is 3.69. The number of nitrogens with zero attached hydrogens (tertiary/aromatic N) is 1. The fourth-order valence-electron chi connectivity index (χ4n) is 1.36. The van der Waals surface area contributed by atoms with Gasteiger partial charge in [-0.05, 0) is 26.0 Å². The summed E-state index contributed by atoms with van der Waals surface area (Å²) in [7, 11) is 1.76. The molecular weight excluding hydrogens is 341 g/mol. The van der Waals surface area contributed by atoms with E-state index in [0.29, 0.717) is 6.61 Å². The van der Waals surface area contributed by atoms with Gasteiger partial charge < -0.3 is 15.4 Å². The Morgan fingerprint density at radius 1 is 1.22 bits per heavy atom. The highest BCUT2D eigenvalue weighted by molar-refractivity contribution is 14.0. The van der Waals surface area contributed by atoms with Crippen molar-refractivity contribution < 1.29 is 4.74 Å². The van der Waals surface area contributed by atoms with E-state index in [1.807, 2.05) is 31.2 Å². The van der Waals surface area contributed by atoms with Crippen LogP contribution >= 0.6 is 24.0 Å². The molecule has 1 aromatic rings. The lowest BCUT2D eigenvalue weighted by Gasteiger charge is -2.11. The van der Waals surface area contributed by atoms with Gasteiger partial charge in [-0.15, -0.1) is 24.0 Å². The van der Waals surface area contributed by atoms with Crippen molar-refractivity contribution in [1.82, 2.24) is 10.6 Å². The smallest absolute Gasteiger partial charge is 0.191 e. The van der Waals surface area contributed by atoms with E-state index in [4.69, 9.17) is 4.74 Å². The van der Waals surface area contributed by atoms with E-state index < -0.39 is 0 Å². The topological polar surface area (TPSA) is 45.7 Å². The van der Waals surface area contributed by atoms with Gasteiger partial charge in [-0.25, -0.2) is 0 Å². The SMILES string of the molecule is CCNC(=NC)NCCOc1ccc(C)cc1.I. The van der Waals surface area contributed by atoms with Crippen molar-refractivity contribution in [2.75, 3.05) is 26.7 Å². The molecule has 0 aromatic heterocycles. The van der Waals surface area contributed by atoms with Crippen molar-refractivity contribution in [3.8, 4) is 5.75 Å². The first-order valence-corrected chi connectivity index (χ1v) is 5.90. The van der Waals surface area contributed by atoms with Gasteiger partial charge in [0.2, 0.25) is 0 Å². The van der Waals surface area contributed by atoms with Gasteiger partial charge in [0.15, 0.2) is 5.96 Å². The highest BCUT2D eigenvalue weighted by Gasteiger charge is 1.95. The maximum absolute atomic E-state index is 5.59. The number of rotatable bonds is 5. The average molecular weight is 363 g/mol. The molecule has 0 spiro atoms. The standard InChI is InChI=1S/C13H21N3O.HI/c1-4-15-13(14-3)16-9-10-17-12-7-5-11(2)6-8-12;/h5-8H,4,9-10H2,1-3H3,(H2,14,15,16);1H. The van der Waals surface area contributed by atoms with E-state index in [2.05, 4.69) is 22.5 Å². The van der Waals surface area contributed by atoms with E-state index in [1.165, 1.54) is 5.56 Å². The maximum Gasteiger partial charge on any atom is 0.191 e. The molecule has 0 atom stereocenters. The first kappa shape index (κ1) is 17.0. The summed E-state index contributed by atoms with van der Waals surface area (Å²) >= 11 is 0. The van der Waals surface area contributed by atoms with Crippen molar-refractivity contribution in [2.45, 2.75) is 13.8 Å². The zero-order valence-corrected chi connectivity index (χ0v) is 13.5. The average Bonchev–Trinajstić information content (AvgIpc) is 2.35. The van der Waals surface area contributed by atoms with Crippen LogP contribution in [0.1, 0.15) is 12.5 Å². The number of guanidine groups is 1. The summed E-state index contributed by atoms with van der Waals surface area (Å²) < 4.78 is 5.59. The summed E-state index contributed by atoms with van der Waals surface area (Å²) in [4.78, 5) is 4.07. The summed E-state index contributed by atoms with van der Waals surface area (Å²) in [6.07, 6.45) is 0. The molecule has 0 saturated carbocycles. The molecule has 1 aromatic carbocycles. The Labute approximate surface area is 126 Å². The third kappa shape index (κ3) is 6.68. The summed E-state index contributed by atoms with van der Waals surface area (Å²) in [6.45, 7) is 6.31. The van der Waals surface area contributed by atoms with Gasteiger partial charge in [0.05, 0.1) is 6.54 Å². The second-order valence-corrected chi connectivity index (χ2v) is 3.69. The number of aliphatic imine (C=N–C) groups is 1. The lowest BCUT2D eigenvalue weighted by Crippen LogP contribution is -2.39. The van der Waals surface area contributed by atoms with Gasteiger partial charge >= 0.3 is 0 Å². The summed E-state index contributed by atoms with van der Waals surface area (Å²) in [5, 5.41) is 6.29. The van der Waals surface area contributed by atoms with Crippen LogP contribution < -0.4 is 15.4 Å². The molecule has 18 heavy (non-hydrogen) atoms. The van der Waals surface area contributed by atoms with Gasteiger partial charge in [-0.1, -0.05) is 17.7 Å². The minimum Gasteiger partial charge on any atom is -0.492 e. The predicted molar refractivity (Wildman–Crippen MR) is 87.1 cm³/mol. The van der Waals surface area contributed by atoms with Crippen LogP contribution in [0.5, 0.6) is 5.75 Å². The van der Waals surface area contributed by atoms with Gasteiger partial charge in [0.1, 0.15) is 12.4 Å². The summed E-state index contributed by atoms with van der Waals surface area (Å²) in [5.41, 5.74) is 1.24. The summed E-state index contributed by atoms with van der Waals surface area (Å²) in [6, 6.07) is 8.05. The molecule has 0 amide bonds. The normalized spacial score (nSPS) is 10.5. The van der Waals surface area contributed by atoms with Crippen LogP contribution in [0, 0.1) is 6.92 Å². The van der Waals surface area contributed by atoms with Crippen molar-refractivity contribution in [3.63, 3.8) is 0 Å². The minimum atomic E-state index is 0. The molecule has 0 unspecified atom stereocenters. The molecule has 0 aliphatic heterocycles. The third-order valence-corrected chi connectivity index (χ3v) is 2.25. The fraction of sp³-hybridized carbons (Fsp3) is 0.462. The molecule has 102 valence electrons. The second kappa shape index (κ2) is 9.99. The Kier molecular flexibility index (Phi) is 9.45. The van der Waals surface area contributed by atoms with Gasteiger partial charge in [-0.3, -0.25) is 4.99 Å². The zero-order chi connectivity index (χ0) is 12.5.